The monoisotopic (exact) mass is 565 g/mol. The first-order chi connectivity index (χ1) is 19.4. The van der Waals surface area contributed by atoms with Crippen molar-refractivity contribution in [3.05, 3.63) is 70.4 Å². The first-order valence-electron chi connectivity index (χ1n) is 14.0. The van der Waals surface area contributed by atoms with Crippen molar-refractivity contribution >= 4 is 6.21 Å². The number of piperidine rings is 1. The van der Waals surface area contributed by atoms with Gasteiger partial charge in [-0.2, -0.15) is 5.10 Å². The average molecular weight is 566 g/mol. The van der Waals surface area contributed by atoms with Crippen LogP contribution in [0.1, 0.15) is 37.8 Å². The highest BCUT2D eigenvalue weighted by atomic mass is 16.8. The van der Waals surface area contributed by atoms with Crippen molar-refractivity contribution in [3.63, 3.8) is 0 Å². The summed E-state index contributed by atoms with van der Waals surface area (Å²) in [4.78, 5) is 4.98. The topological polar surface area (TPSA) is 156 Å². The van der Waals surface area contributed by atoms with Crippen molar-refractivity contribution in [1.29, 1.82) is 0 Å². The molecule has 1 aromatic carbocycles. The van der Waals surface area contributed by atoms with Gasteiger partial charge in [0.2, 0.25) is 0 Å². The van der Waals surface area contributed by atoms with E-state index in [1.807, 2.05) is 0 Å². The molecular formula is C30H43N7O4. The van der Waals surface area contributed by atoms with E-state index in [4.69, 9.17) is 16.2 Å². The predicted molar refractivity (Wildman–Crippen MR) is 159 cm³/mol. The number of nitrogens with zero attached hydrogens (tertiary/aromatic N) is 4. The molecule has 11 heteroatoms. The quantitative estimate of drug-likeness (QED) is 0.153. The molecule has 0 atom stereocenters. The van der Waals surface area contributed by atoms with Crippen LogP contribution in [0.3, 0.4) is 0 Å². The summed E-state index contributed by atoms with van der Waals surface area (Å²) in [7, 11) is 2.17. The van der Waals surface area contributed by atoms with Gasteiger partial charge in [0.1, 0.15) is 11.4 Å². The molecule has 2 saturated heterocycles. The molecule has 3 heterocycles. The molecule has 0 amide bonds. The van der Waals surface area contributed by atoms with Gasteiger partial charge in [-0.25, -0.2) is 0 Å². The maximum absolute atomic E-state index is 10.8. The molecule has 0 unspecified atom stereocenters. The minimum atomic E-state index is -2.69. The molecule has 3 aliphatic rings. The highest BCUT2D eigenvalue weighted by Gasteiger charge is 2.32. The molecular weight excluding hydrogens is 522 g/mol. The number of dihydropyridines is 1. The molecule has 0 radical (unpaired) electrons. The molecule has 222 valence electrons. The number of hydrogen-bond acceptors (Lipinski definition) is 11. The van der Waals surface area contributed by atoms with Gasteiger partial charge in [0, 0.05) is 69.2 Å². The van der Waals surface area contributed by atoms with E-state index in [1.165, 1.54) is 18.3 Å². The summed E-state index contributed by atoms with van der Waals surface area (Å²) in [6, 6.07) is 6.88. The van der Waals surface area contributed by atoms with Gasteiger partial charge >= 0.3 is 5.97 Å². The number of ether oxygens (including phenoxy) is 1. The van der Waals surface area contributed by atoms with Crippen molar-refractivity contribution in [2.24, 2.45) is 16.6 Å². The fourth-order valence-electron chi connectivity index (χ4n) is 4.97. The van der Waals surface area contributed by atoms with Gasteiger partial charge in [0.15, 0.2) is 5.76 Å². The van der Waals surface area contributed by atoms with Crippen LogP contribution in [-0.2, 0) is 10.7 Å². The minimum Gasteiger partial charge on any atom is -0.432 e. The number of hydrogen-bond donors (Lipinski definition) is 6. The van der Waals surface area contributed by atoms with Crippen molar-refractivity contribution in [2.45, 2.75) is 44.3 Å². The Morgan fingerprint density at radius 2 is 1.83 bits per heavy atom. The number of rotatable bonds is 7. The fourth-order valence-corrected chi connectivity index (χ4v) is 4.97. The Bertz CT molecular complexity index is 1250. The molecule has 3 aliphatic heterocycles. The van der Waals surface area contributed by atoms with Crippen molar-refractivity contribution in [1.82, 2.24) is 20.1 Å². The van der Waals surface area contributed by atoms with Gasteiger partial charge in [-0.05, 0) is 63.6 Å². The summed E-state index contributed by atoms with van der Waals surface area (Å²) in [6.07, 6.45) is 6.95. The van der Waals surface area contributed by atoms with Crippen LogP contribution in [0.2, 0.25) is 0 Å². The Kier molecular flexibility index (Phi) is 9.63. The lowest BCUT2D eigenvalue weighted by atomic mass is 10.0. The largest absolute Gasteiger partial charge is 0.432 e. The Labute approximate surface area is 242 Å². The van der Waals surface area contributed by atoms with Crippen LogP contribution in [-0.4, -0.2) is 101 Å². The molecule has 1 aromatic rings. The molecule has 0 aromatic heterocycles. The molecule has 0 aliphatic carbocycles. The first-order valence-corrected chi connectivity index (χ1v) is 14.0. The van der Waals surface area contributed by atoms with Gasteiger partial charge < -0.3 is 41.7 Å². The maximum atomic E-state index is 10.8. The Hall–Kier alpha value is -3.53. The molecule has 0 saturated carbocycles. The van der Waals surface area contributed by atoms with Gasteiger partial charge in [-0.15, -0.1) is 0 Å². The molecule has 11 nitrogen and oxygen atoms in total. The van der Waals surface area contributed by atoms with Crippen molar-refractivity contribution in [3.8, 4) is 11.8 Å². The van der Waals surface area contributed by atoms with E-state index in [1.54, 1.807) is 38.3 Å². The lowest BCUT2D eigenvalue weighted by Gasteiger charge is -2.41. The number of nitrogens with two attached hydrogens (primary N) is 2. The molecule has 0 bridgehead atoms. The summed E-state index contributed by atoms with van der Waals surface area (Å²) >= 11 is 0. The zero-order valence-electron chi connectivity index (χ0n) is 24.2. The van der Waals surface area contributed by atoms with E-state index < -0.39 is 11.6 Å². The van der Waals surface area contributed by atoms with E-state index >= 15 is 0 Å². The fraction of sp³-hybridized carbons (Fsp3) is 0.500. The Balaban J connectivity index is 1.40. The molecule has 4 rings (SSSR count). The summed E-state index contributed by atoms with van der Waals surface area (Å²) in [5, 5.41) is 41.2. The normalized spacial score (nSPS) is 20.5. The third-order valence-electron chi connectivity index (χ3n) is 7.45. The van der Waals surface area contributed by atoms with E-state index in [0.29, 0.717) is 23.7 Å². The van der Waals surface area contributed by atoms with Gasteiger partial charge in [-0.1, -0.05) is 17.9 Å². The van der Waals surface area contributed by atoms with E-state index in [2.05, 4.69) is 44.1 Å². The van der Waals surface area contributed by atoms with Crippen molar-refractivity contribution < 1.29 is 20.1 Å². The average Bonchev–Trinajstić information content (AvgIpc) is 2.94. The standard InChI is InChI=1S/C30H43N7O4/c1-29(2,38)10-7-22-5-4-6-25(17-22)30(39,40)41-27-18-23(20-33-28(27)32)24(19-31)21-34-37-11-8-26(9-12-37)36-15-13-35(3)14-16-36/h4-6,17-19,21,26,33,38-40H,8-9,11-16,20,31-32H2,1-3H3. The van der Waals surface area contributed by atoms with Crippen LogP contribution in [0.15, 0.2) is 64.4 Å². The minimum absolute atomic E-state index is 0.0463. The zero-order valence-corrected chi connectivity index (χ0v) is 24.2. The highest BCUT2D eigenvalue weighted by Crippen LogP contribution is 2.27. The summed E-state index contributed by atoms with van der Waals surface area (Å²) in [5.41, 5.74) is 12.8. The third kappa shape index (κ3) is 8.48. The molecule has 8 N–H and O–H groups in total. The van der Waals surface area contributed by atoms with Crippen LogP contribution in [0, 0.1) is 11.8 Å². The van der Waals surface area contributed by atoms with Crippen molar-refractivity contribution in [2.75, 3.05) is 52.9 Å². The Morgan fingerprint density at radius 1 is 1.12 bits per heavy atom. The first kappa shape index (κ1) is 30.4. The summed E-state index contributed by atoms with van der Waals surface area (Å²) in [6.45, 7) is 9.73. The third-order valence-corrected chi connectivity index (χ3v) is 7.45. The molecule has 41 heavy (non-hydrogen) atoms. The number of nitrogens with one attached hydrogen (secondary N) is 1. The van der Waals surface area contributed by atoms with Crippen LogP contribution >= 0.6 is 0 Å². The number of allylic oxidation sites excluding steroid dienone is 1. The second-order valence-corrected chi connectivity index (χ2v) is 11.3. The number of hydrazone groups is 1. The summed E-state index contributed by atoms with van der Waals surface area (Å²) in [5.74, 6) is 3.02. The smallest absolute Gasteiger partial charge is 0.351 e. The van der Waals surface area contributed by atoms with Crippen LogP contribution < -0.4 is 16.8 Å². The van der Waals surface area contributed by atoms with Gasteiger partial charge in [0.25, 0.3) is 0 Å². The predicted octanol–water partition coefficient (Wildman–Crippen LogP) is 0.118. The molecule has 0 spiro atoms. The second kappa shape index (κ2) is 13.0. The van der Waals surface area contributed by atoms with Gasteiger partial charge in [-0.3, -0.25) is 9.91 Å². The van der Waals surface area contributed by atoms with Crippen LogP contribution in [0.4, 0.5) is 0 Å². The van der Waals surface area contributed by atoms with Crippen LogP contribution in [0.25, 0.3) is 0 Å². The second-order valence-electron chi connectivity index (χ2n) is 11.3. The Morgan fingerprint density at radius 3 is 2.49 bits per heavy atom. The van der Waals surface area contributed by atoms with E-state index in [9.17, 15) is 15.3 Å². The van der Waals surface area contributed by atoms with E-state index in [0.717, 1.165) is 57.7 Å². The number of aliphatic hydroxyl groups is 3. The van der Waals surface area contributed by atoms with E-state index in [-0.39, 0.29) is 17.1 Å². The lowest BCUT2D eigenvalue weighted by molar-refractivity contribution is -0.331. The summed E-state index contributed by atoms with van der Waals surface area (Å²) < 4.78 is 5.57. The maximum Gasteiger partial charge on any atom is 0.351 e. The highest BCUT2D eigenvalue weighted by molar-refractivity contribution is 5.85. The molecule has 2 fully saturated rings. The van der Waals surface area contributed by atoms with Gasteiger partial charge in [0.05, 0.1) is 11.8 Å². The lowest BCUT2D eigenvalue weighted by Crippen LogP contribution is -2.51. The number of likely N-dealkylation sites (N-methyl/N-ethyl adjacent to an activating group) is 1. The SMILES string of the molecule is CN1CCN(C2CCN(N=CC(=CN)C3=CC(OC(O)(O)c4cccc(C#CC(C)(C)O)c4)=C(N)NC3)CC2)CC1. The number of benzene rings is 1. The number of piperazine rings is 1. The van der Waals surface area contributed by atoms with Crippen LogP contribution in [0.5, 0.6) is 0 Å². The zero-order chi connectivity index (χ0) is 29.6.